The van der Waals surface area contributed by atoms with Crippen LogP contribution < -0.4 is 11.5 Å². The minimum atomic E-state index is -5.23. The Morgan fingerprint density at radius 2 is 1.02 bits per heavy atom. The molecule has 0 fully saturated rings. The van der Waals surface area contributed by atoms with E-state index in [-0.39, 0.29) is 57.6 Å². The Balaban J connectivity index is 1.59. The number of fused-ring (bicyclic) bond motifs is 2. The largest absolute Gasteiger partial charge is 0.397 e. The number of hydrogen-bond donors (Lipinski definition) is 8. The van der Waals surface area contributed by atoms with Gasteiger partial charge < -0.3 is 21.7 Å². The van der Waals surface area contributed by atoms with Crippen LogP contribution in [0.1, 0.15) is 58.4 Å². The third-order valence-corrected chi connectivity index (χ3v) is 13.2. The summed E-state index contributed by atoms with van der Waals surface area (Å²) in [6, 6.07) is 21.5. The lowest BCUT2D eigenvalue weighted by molar-refractivity contribution is 0.162. The van der Waals surface area contributed by atoms with Crippen molar-refractivity contribution < 1.29 is 39.0 Å². The maximum Gasteiger partial charge on any atom is 0.282 e. The number of aliphatic hydroxyl groups is 2. The zero-order valence-electron chi connectivity index (χ0n) is 29.8. The van der Waals surface area contributed by atoms with E-state index >= 15 is 0 Å². The first-order valence-electron chi connectivity index (χ1n) is 16.9. The summed E-state index contributed by atoms with van der Waals surface area (Å²) in [6.45, 7) is 3.50. The Morgan fingerprint density at radius 1 is 0.654 bits per heavy atom. The monoisotopic (exact) mass is 744 g/mol. The van der Waals surface area contributed by atoms with Crippen molar-refractivity contribution in [1.29, 1.82) is 11.0 Å². The molecule has 0 radical (unpaired) electrons. The van der Waals surface area contributed by atoms with Gasteiger partial charge in [0.15, 0.2) is 9.49 Å². The van der Waals surface area contributed by atoms with Crippen LogP contribution in [-0.2, 0) is 42.6 Å². The molecule has 14 nitrogen and oxygen atoms in total. The quantitative estimate of drug-likeness (QED) is 0.0856. The van der Waals surface area contributed by atoms with Crippen LogP contribution in [0.4, 0.5) is 0 Å². The number of hydrogen-bond acceptors (Lipinski definition) is 12. The highest BCUT2D eigenvalue weighted by Crippen LogP contribution is 2.53. The predicted octanol–water partition coefficient (Wildman–Crippen LogP) is 4.81. The second kappa shape index (κ2) is 12.8. The van der Waals surface area contributed by atoms with Crippen LogP contribution in [0.5, 0.6) is 0 Å². The lowest BCUT2D eigenvalue weighted by Gasteiger charge is -2.41. The van der Waals surface area contributed by atoms with Gasteiger partial charge in [-0.15, -0.1) is 0 Å². The van der Waals surface area contributed by atoms with Crippen LogP contribution in [0.25, 0.3) is 22.5 Å². The minimum absolute atomic E-state index is 0.0117. The molecule has 2 aliphatic carbocycles. The van der Waals surface area contributed by atoms with Crippen molar-refractivity contribution in [3.8, 4) is 11.1 Å². The summed E-state index contributed by atoms with van der Waals surface area (Å²) < 4.78 is 86.1. The fourth-order valence-corrected chi connectivity index (χ4v) is 10.5. The Kier molecular flexibility index (Phi) is 8.40. The molecule has 0 saturated heterocycles. The van der Waals surface area contributed by atoms with Gasteiger partial charge in [0.05, 0.1) is 11.4 Å². The fourth-order valence-electron chi connectivity index (χ4n) is 7.83. The molecule has 0 amide bonds. The summed E-state index contributed by atoms with van der Waals surface area (Å²) in [5.41, 5.74) is 19.7. The third kappa shape index (κ3) is 4.90. The molecule has 0 spiro atoms. The molecule has 10 N–H and O–H groups in total. The number of nitrogens with one attached hydrogen (secondary N) is 2. The molecule has 0 aromatic heterocycles. The highest BCUT2D eigenvalue weighted by atomic mass is 32.2. The molecular formula is C36H36N6O8S2. The fraction of sp³-hybridized carbons (Fsp3) is 0.222. The van der Waals surface area contributed by atoms with Crippen LogP contribution in [-0.4, -0.2) is 48.4 Å². The number of aliphatic hydroxyl groups excluding tert-OH is 2. The molecule has 4 aromatic rings. The predicted molar refractivity (Wildman–Crippen MR) is 193 cm³/mol. The third-order valence-electron chi connectivity index (χ3n) is 10.2. The molecule has 52 heavy (non-hydrogen) atoms. The molecule has 4 aromatic carbocycles. The normalized spacial score (nSPS) is 24.2. The number of nitrogens with zero attached hydrogens (tertiary/aromatic N) is 2. The summed E-state index contributed by atoms with van der Waals surface area (Å²) >= 11 is 0. The number of nitrogens with two attached hydrogens (primary N) is 2. The van der Waals surface area contributed by atoms with Crippen molar-refractivity contribution in [2.75, 3.05) is 0 Å². The molecule has 4 atom stereocenters. The van der Waals surface area contributed by atoms with E-state index in [2.05, 4.69) is 21.3 Å². The maximum atomic E-state index is 13.6. The summed E-state index contributed by atoms with van der Waals surface area (Å²) in [7, 11) is -10.5. The topological polar surface area (TPSA) is 274 Å². The van der Waals surface area contributed by atoms with E-state index in [1.165, 1.54) is 48.5 Å². The van der Waals surface area contributed by atoms with E-state index < -0.39 is 53.3 Å². The summed E-state index contributed by atoms with van der Waals surface area (Å²) in [5, 5.41) is 30.8. The Bertz CT molecular complexity index is 2370. The lowest BCUT2D eigenvalue weighted by Crippen LogP contribution is -2.51. The van der Waals surface area contributed by atoms with Crippen molar-refractivity contribution in [2.45, 2.75) is 48.4 Å². The smallest absolute Gasteiger partial charge is 0.282 e. The lowest BCUT2D eigenvalue weighted by atomic mass is 9.74. The molecular weight excluding hydrogens is 709 g/mol. The first-order chi connectivity index (χ1) is 25.6. The van der Waals surface area contributed by atoms with E-state index in [4.69, 9.17) is 14.3 Å². The minimum Gasteiger partial charge on any atom is -0.397 e. The van der Waals surface area contributed by atoms with Crippen LogP contribution >= 0.6 is 0 Å². The molecule has 16 heteroatoms. The molecule has 0 saturated carbocycles. The molecule has 270 valence electrons. The van der Waals surface area contributed by atoms with Gasteiger partial charge in [0.25, 0.3) is 20.2 Å². The molecule has 6 rings (SSSR count). The first-order valence-corrected chi connectivity index (χ1v) is 18.9. The SMILES string of the molecule is [H]/N=N/C1=C(N)c2ccccc2C(c2ccc(-c3ccc(C4(S(=O)(=O)O)c5ccccc5C(N)=C(/N=N/[H])C4O)c(CC)c3)cc2CC)(S(=O)(=O)O)C1O. The van der Waals surface area contributed by atoms with E-state index in [0.717, 1.165) is 0 Å². The van der Waals surface area contributed by atoms with Crippen molar-refractivity contribution in [3.63, 3.8) is 0 Å². The molecule has 0 heterocycles. The van der Waals surface area contributed by atoms with Gasteiger partial charge in [0, 0.05) is 11.1 Å². The second-order valence-corrected chi connectivity index (χ2v) is 15.8. The van der Waals surface area contributed by atoms with E-state index in [1.807, 2.05) is 0 Å². The van der Waals surface area contributed by atoms with E-state index in [0.29, 0.717) is 22.3 Å². The van der Waals surface area contributed by atoms with Crippen molar-refractivity contribution in [2.24, 2.45) is 21.7 Å². The number of rotatable bonds is 9. The van der Waals surface area contributed by atoms with Crippen molar-refractivity contribution >= 4 is 31.6 Å². The summed E-state index contributed by atoms with van der Waals surface area (Å²) in [4.78, 5) is 0. The average Bonchev–Trinajstić information content (AvgIpc) is 3.14. The molecule has 2 aliphatic rings. The van der Waals surface area contributed by atoms with Crippen LogP contribution in [0, 0.1) is 11.0 Å². The van der Waals surface area contributed by atoms with Gasteiger partial charge in [-0.05, 0) is 57.3 Å². The van der Waals surface area contributed by atoms with Gasteiger partial charge in [0.2, 0.25) is 2.82 Å². The standard InChI is InChI=1S/C36H36N6O8S2/c1-3-19-17-21(13-15-25(19)35(51(45,46)47)27-11-7-5-9-23(27)29(37)31(41-39)33(35)43)22-14-16-26(20(4-2)18-22)36(52(48,49)50)28-12-8-6-10-24(28)30(38)32(42-40)34(36)44/h5-18,33-34,39-40,43-44H,3-4,37-38H2,1-2H3,(H,45,46,47)(H,48,49,50)/b41-39+,42-40+. The highest BCUT2D eigenvalue weighted by molar-refractivity contribution is 7.87. The maximum absolute atomic E-state index is 13.6. The summed E-state index contributed by atoms with van der Waals surface area (Å²) in [5.74, 6) is 0. The Morgan fingerprint density at radius 3 is 1.35 bits per heavy atom. The average molecular weight is 745 g/mol. The van der Waals surface area contributed by atoms with Gasteiger partial charge >= 0.3 is 0 Å². The zero-order chi connectivity index (χ0) is 39.4. The molecule has 4 unspecified atom stereocenters. The number of aryl methyl sites for hydroxylation is 2. The molecule has 0 aliphatic heterocycles. The molecule has 0 bridgehead atoms. The Hall–Kier alpha value is -5.10. The van der Waals surface area contributed by atoms with Gasteiger partial charge in [-0.2, -0.15) is 27.1 Å². The van der Waals surface area contributed by atoms with Crippen LogP contribution in [0.2, 0.25) is 2.82 Å². The van der Waals surface area contributed by atoms with Gasteiger partial charge in [-0.3, -0.25) is 9.11 Å². The zero-order valence-corrected chi connectivity index (χ0v) is 29.5. The van der Waals surface area contributed by atoms with E-state index in [9.17, 15) is 36.2 Å². The number of benzene rings is 4. The van der Waals surface area contributed by atoms with Gasteiger partial charge in [-0.1, -0.05) is 98.8 Å². The van der Waals surface area contributed by atoms with Crippen LogP contribution in [0.3, 0.4) is 0 Å². The van der Waals surface area contributed by atoms with Gasteiger partial charge in [-0.25, -0.2) is 11.0 Å². The van der Waals surface area contributed by atoms with Crippen molar-refractivity contribution in [3.05, 3.63) is 141 Å². The van der Waals surface area contributed by atoms with Crippen LogP contribution in [0.15, 0.2) is 107 Å². The second-order valence-electron chi connectivity index (χ2n) is 12.6. The summed E-state index contributed by atoms with van der Waals surface area (Å²) in [6.07, 6.45) is -3.75. The van der Waals surface area contributed by atoms with Gasteiger partial charge in [0.1, 0.15) is 23.6 Å². The first kappa shape index (κ1) is 34.0. The van der Waals surface area contributed by atoms with E-state index in [1.54, 1.807) is 50.2 Å². The highest BCUT2D eigenvalue weighted by Gasteiger charge is 2.60. The van der Waals surface area contributed by atoms with Crippen molar-refractivity contribution in [1.82, 2.24) is 0 Å². The Labute approximate surface area is 303 Å².